The summed E-state index contributed by atoms with van der Waals surface area (Å²) in [5.41, 5.74) is 2.16. The van der Waals surface area contributed by atoms with Gasteiger partial charge in [0, 0.05) is 12.2 Å². The summed E-state index contributed by atoms with van der Waals surface area (Å²) in [4.78, 5) is 0. The van der Waals surface area contributed by atoms with Crippen LogP contribution < -0.4 is 5.32 Å². The molecule has 2 heteroatoms. The molecule has 0 saturated carbocycles. The molecule has 1 aliphatic heterocycles. The molecule has 2 rings (SSSR count). The van der Waals surface area contributed by atoms with Crippen molar-refractivity contribution in [2.24, 2.45) is 0 Å². The van der Waals surface area contributed by atoms with Crippen LogP contribution in [0.2, 0.25) is 0 Å². The molecule has 0 spiro atoms. The van der Waals surface area contributed by atoms with Gasteiger partial charge in [0.25, 0.3) is 0 Å². The molecule has 0 radical (unpaired) electrons. The van der Waals surface area contributed by atoms with E-state index in [2.05, 4.69) is 5.32 Å². The van der Waals surface area contributed by atoms with Gasteiger partial charge in [-0.05, 0) is 43.0 Å². The lowest BCUT2D eigenvalue weighted by Crippen LogP contribution is -2.19. The number of halogens is 1. The van der Waals surface area contributed by atoms with Gasteiger partial charge in [0.15, 0.2) is 0 Å². The van der Waals surface area contributed by atoms with Crippen LogP contribution in [-0.4, -0.2) is 6.54 Å². The monoisotopic (exact) mass is 191 g/mol. The smallest absolute Gasteiger partial charge is 0.123 e. The summed E-state index contributed by atoms with van der Waals surface area (Å²) in [6.07, 6.45) is 5.58. The van der Waals surface area contributed by atoms with Crippen molar-refractivity contribution in [3.8, 4) is 0 Å². The van der Waals surface area contributed by atoms with Gasteiger partial charge in [-0.25, -0.2) is 4.39 Å². The largest absolute Gasteiger partial charge is 0.388 e. The van der Waals surface area contributed by atoms with E-state index in [1.807, 2.05) is 12.1 Å². The number of piperidine rings is 1. The van der Waals surface area contributed by atoms with Gasteiger partial charge in [-0.15, -0.1) is 0 Å². The summed E-state index contributed by atoms with van der Waals surface area (Å²) in [6.45, 7) is 1.04. The quantitative estimate of drug-likeness (QED) is 0.719. The van der Waals surface area contributed by atoms with Gasteiger partial charge < -0.3 is 5.32 Å². The molecule has 74 valence electrons. The SMILES string of the molecule is Fc1cccc(C=C2CCCCN2)c1. The lowest BCUT2D eigenvalue weighted by Gasteiger charge is -2.16. The topological polar surface area (TPSA) is 12.0 Å². The third kappa shape index (κ3) is 2.34. The Labute approximate surface area is 83.6 Å². The van der Waals surface area contributed by atoms with Gasteiger partial charge in [-0.1, -0.05) is 12.1 Å². The fraction of sp³-hybridized carbons (Fsp3) is 0.333. The molecule has 0 amide bonds. The van der Waals surface area contributed by atoms with Crippen LogP contribution in [0.1, 0.15) is 24.8 Å². The molecule has 0 bridgehead atoms. The normalized spacial score (nSPS) is 19.4. The predicted molar refractivity (Wildman–Crippen MR) is 56.2 cm³/mol. The Morgan fingerprint density at radius 3 is 2.93 bits per heavy atom. The Balaban J connectivity index is 2.15. The second kappa shape index (κ2) is 4.27. The Morgan fingerprint density at radius 2 is 2.21 bits per heavy atom. The molecule has 1 aliphatic rings. The van der Waals surface area contributed by atoms with E-state index in [1.165, 1.54) is 24.6 Å². The van der Waals surface area contributed by atoms with Gasteiger partial charge in [0.2, 0.25) is 0 Å². The fourth-order valence-corrected chi connectivity index (χ4v) is 1.70. The molecular formula is C12H14FN. The minimum absolute atomic E-state index is 0.171. The van der Waals surface area contributed by atoms with Gasteiger partial charge in [-0.2, -0.15) is 0 Å². The minimum Gasteiger partial charge on any atom is -0.388 e. The lowest BCUT2D eigenvalue weighted by atomic mass is 10.1. The number of allylic oxidation sites excluding steroid dienone is 1. The third-order valence-corrected chi connectivity index (χ3v) is 2.41. The zero-order chi connectivity index (χ0) is 9.80. The highest BCUT2D eigenvalue weighted by Crippen LogP contribution is 2.14. The van der Waals surface area contributed by atoms with Gasteiger partial charge >= 0.3 is 0 Å². The van der Waals surface area contributed by atoms with E-state index >= 15 is 0 Å². The van der Waals surface area contributed by atoms with E-state index in [-0.39, 0.29) is 5.82 Å². The Hall–Kier alpha value is -1.31. The zero-order valence-corrected chi connectivity index (χ0v) is 8.09. The molecule has 1 nitrogen and oxygen atoms in total. The van der Waals surface area contributed by atoms with Crippen molar-refractivity contribution in [1.82, 2.24) is 5.32 Å². The average Bonchev–Trinajstić information content (AvgIpc) is 2.19. The second-order valence-electron chi connectivity index (χ2n) is 3.61. The van der Waals surface area contributed by atoms with Crippen LogP contribution in [-0.2, 0) is 0 Å². The molecule has 1 N–H and O–H groups in total. The molecule has 0 unspecified atom stereocenters. The maximum atomic E-state index is 12.9. The van der Waals surface area contributed by atoms with Gasteiger partial charge in [0.05, 0.1) is 0 Å². The molecule has 1 heterocycles. The summed E-state index contributed by atoms with van der Waals surface area (Å²) < 4.78 is 12.9. The molecule has 0 aromatic heterocycles. The highest BCUT2D eigenvalue weighted by atomic mass is 19.1. The maximum Gasteiger partial charge on any atom is 0.123 e. The predicted octanol–water partition coefficient (Wildman–Crippen LogP) is 2.94. The average molecular weight is 191 g/mol. The van der Waals surface area contributed by atoms with Crippen LogP contribution in [0.4, 0.5) is 4.39 Å². The third-order valence-electron chi connectivity index (χ3n) is 2.41. The zero-order valence-electron chi connectivity index (χ0n) is 8.09. The summed E-state index contributed by atoms with van der Waals surface area (Å²) in [5, 5.41) is 3.33. The standard InChI is InChI=1S/C12H14FN/c13-11-5-3-4-10(8-11)9-12-6-1-2-7-14-12/h3-5,8-9,14H,1-2,6-7H2. The van der Waals surface area contributed by atoms with Crippen molar-refractivity contribution in [3.63, 3.8) is 0 Å². The molecule has 1 aromatic carbocycles. The number of benzene rings is 1. The molecule has 1 fully saturated rings. The first-order valence-electron chi connectivity index (χ1n) is 5.04. The van der Waals surface area contributed by atoms with Crippen molar-refractivity contribution in [2.75, 3.05) is 6.54 Å². The van der Waals surface area contributed by atoms with Crippen molar-refractivity contribution < 1.29 is 4.39 Å². The second-order valence-corrected chi connectivity index (χ2v) is 3.61. The number of nitrogens with one attached hydrogen (secondary N) is 1. The number of hydrogen-bond donors (Lipinski definition) is 1. The molecule has 1 saturated heterocycles. The lowest BCUT2D eigenvalue weighted by molar-refractivity contribution is 0.592. The number of rotatable bonds is 1. The Kier molecular flexibility index (Phi) is 2.82. The van der Waals surface area contributed by atoms with E-state index in [9.17, 15) is 4.39 Å². The van der Waals surface area contributed by atoms with Crippen LogP contribution in [0.25, 0.3) is 6.08 Å². The highest BCUT2D eigenvalue weighted by Gasteiger charge is 2.03. The van der Waals surface area contributed by atoms with Gasteiger partial charge in [0.1, 0.15) is 5.82 Å². The Morgan fingerprint density at radius 1 is 1.29 bits per heavy atom. The molecule has 0 aliphatic carbocycles. The first-order valence-corrected chi connectivity index (χ1v) is 5.04. The first-order chi connectivity index (χ1) is 6.84. The van der Waals surface area contributed by atoms with Crippen molar-refractivity contribution in [1.29, 1.82) is 0 Å². The van der Waals surface area contributed by atoms with E-state index in [4.69, 9.17) is 0 Å². The van der Waals surface area contributed by atoms with Crippen molar-refractivity contribution in [3.05, 3.63) is 41.3 Å². The van der Waals surface area contributed by atoms with Crippen LogP contribution in [0, 0.1) is 5.82 Å². The molecule has 1 aromatic rings. The minimum atomic E-state index is -0.171. The van der Waals surface area contributed by atoms with Crippen molar-refractivity contribution >= 4 is 6.08 Å². The van der Waals surface area contributed by atoms with Gasteiger partial charge in [-0.3, -0.25) is 0 Å². The van der Waals surface area contributed by atoms with Crippen LogP contribution in [0.5, 0.6) is 0 Å². The number of hydrogen-bond acceptors (Lipinski definition) is 1. The van der Waals surface area contributed by atoms with E-state index < -0.39 is 0 Å². The van der Waals surface area contributed by atoms with E-state index in [0.29, 0.717) is 0 Å². The summed E-state index contributed by atoms with van der Waals surface area (Å²) >= 11 is 0. The summed E-state index contributed by atoms with van der Waals surface area (Å²) in [5.74, 6) is -0.171. The highest BCUT2D eigenvalue weighted by molar-refractivity contribution is 5.52. The van der Waals surface area contributed by atoms with E-state index in [1.54, 1.807) is 12.1 Å². The Bertz CT molecular complexity index is 336. The molecular weight excluding hydrogens is 177 g/mol. The van der Waals surface area contributed by atoms with Crippen LogP contribution in [0.15, 0.2) is 30.0 Å². The maximum absolute atomic E-state index is 12.9. The molecule has 14 heavy (non-hydrogen) atoms. The summed E-state index contributed by atoms with van der Waals surface area (Å²) in [7, 11) is 0. The van der Waals surface area contributed by atoms with Crippen molar-refractivity contribution in [2.45, 2.75) is 19.3 Å². The van der Waals surface area contributed by atoms with E-state index in [0.717, 1.165) is 18.5 Å². The molecule has 0 atom stereocenters. The first kappa shape index (κ1) is 9.25. The van der Waals surface area contributed by atoms with Crippen LogP contribution in [0.3, 0.4) is 0 Å². The summed E-state index contributed by atoms with van der Waals surface area (Å²) in [6, 6.07) is 6.69. The van der Waals surface area contributed by atoms with Crippen LogP contribution >= 0.6 is 0 Å². The fourth-order valence-electron chi connectivity index (χ4n) is 1.70.